The molecule has 0 spiro atoms. The fraction of sp³-hybridized carbons (Fsp3) is 0. The van der Waals surface area contributed by atoms with Gasteiger partial charge < -0.3 is 5.21 Å². The molecular weight excluding hydrogens is 242 g/mol. The second kappa shape index (κ2) is 6.06. The summed E-state index contributed by atoms with van der Waals surface area (Å²) < 4.78 is 0. The van der Waals surface area contributed by atoms with Crippen molar-refractivity contribution in [2.75, 3.05) is 0 Å². The second-order valence-electron chi connectivity index (χ2n) is 3.99. The van der Waals surface area contributed by atoms with Crippen molar-refractivity contribution in [1.82, 2.24) is 0 Å². The highest BCUT2D eigenvalue weighted by Gasteiger charge is 2.01. The van der Waals surface area contributed by atoms with Gasteiger partial charge >= 0.3 is 0 Å². The van der Waals surface area contributed by atoms with E-state index in [-0.39, 0.29) is 11.5 Å². The van der Waals surface area contributed by atoms with Gasteiger partial charge in [-0.05, 0) is 11.6 Å². The third kappa shape index (κ3) is 3.59. The monoisotopic (exact) mass is 255 g/mol. The first kappa shape index (κ1) is 13.2. The molecule has 0 aliphatic rings. The van der Waals surface area contributed by atoms with E-state index in [1.807, 2.05) is 6.07 Å². The van der Waals surface area contributed by atoms with Crippen molar-refractivity contribution in [3.8, 4) is 0 Å². The van der Waals surface area contributed by atoms with E-state index < -0.39 is 5.23 Å². The van der Waals surface area contributed by atoms with Crippen LogP contribution in [0.15, 0.2) is 60.7 Å². The van der Waals surface area contributed by atoms with Crippen molar-refractivity contribution >= 4 is 17.5 Å². The van der Waals surface area contributed by atoms with Crippen LogP contribution < -0.4 is 5.23 Å². The Morgan fingerprint density at radius 2 is 1.84 bits per heavy atom. The largest absolute Gasteiger partial charge is 0.595 e. The minimum atomic E-state index is -0.982. The van der Waals surface area contributed by atoms with Crippen LogP contribution in [0.3, 0.4) is 0 Å². The molecule has 0 radical (unpaired) electrons. The van der Waals surface area contributed by atoms with Crippen LogP contribution >= 0.6 is 0 Å². The van der Waals surface area contributed by atoms with Gasteiger partial charge in [-0.15, -0.1) is 0 Å². The van der Waals surface area contributed by atoms with Crippen LogP contribution in [0.4, 0.5) is 5.69 Å². The van der Waals surface area contributed by atoms with E-state index in [4.69, 9.17) is 5.21 Å². The molecule has 0 bridgehead atoms. The molecule has 96 valence electrons. The predicted octanol–water partition coefficient (Wildman–Crippen LogP) is 1.99. The maximum Gasteiger partial charge on any atom is 0.185 e. The Labute approximate surface area is 110 Å². The van der Waals surface area contributed by atoms with Crippen molar-refractivity contribution in [3.05, 3.63) is 77.0 Å². The van der Waals surface area contributed by atoms with Crippen molar-refractivity contribution in [2.45, 2.75) is 0 Å². The molecule has 4 heteroatoms. The van der Waals surface area contributed by atoms with Gasteiger partial charge in [0.15, 0.2) is 11.5 Å². The van der Waals surface area contributed by atoms with Crippen LogP contribution in [0.2, 0.25) is 0 Å². The van der Waals surface area contributed by atoms with Crippen LogP contribution in [0.1, 0.15) is 15.9 Å². The normalized spacial score (nSPS) is 12.5. The minimum Gasteiger partial charge on any atom is -0.595 e. The van der Waals surface area contributed by atoms with Crippen LogP contribution in [-0.2, 0) is 0 Å². The molecule has 0 aliphatic carbocycles. The number of carbonyl (C=O) groups is 1. The molecule has 0 amide bonds. The third-order valence-electron chi connectivity index (χ3n) is 2.62. The summed E-state index contributed by atoms with van der Waals surface area (Å²) in [7, 11) is 0. The van der Waals surface area contributed by atoms with Gasteiger partial charge in [0.25, 0.3) is 0 Å². The van der Waals surface area contributed by atoms with E-state index in [0.29, 0.717) is 11.1 Å². The molecule has 2 aromatic rings. The van der Waals surface area contributed by atoms with Crippen LogP contribution in [0.25, 0.3) is 6.08 Å². The minimum absolute atomic E-state index is 0.110. The first-order valence-corrected chi connectivity index (χ1v) is 5.77. The fourth-order valence-electron chi connectivity index (χ4n) is 1.65. The first-order chi connectivity index (χ1) is 9.16. The summed E-state index contributed by atoms with van der Waals surface area (Å²) in [6, 6.07) is 15.4. The SMILES string of the molecule is O=C(C=Cc1cccc([NH+]([O-])O)c1)c1ccccc1. The molecule has 0 saturated heterocycles. The Kier molecular flexibility index (Phi) is 4.20. The molecule has 4 nitrogen and oxygen atoms in total. The van der Waals surface area contributed by atoms with Gasteiger partial charge in [-0.2, -0.15) is 5.23 Å². The zero-order valence-corrected chi connectivity index (χ0v) is 10.1. The molecule has 0 fully saturated rings. The highest BCUT2D eigenvalue weighted by atomic mass is 16.8. The zero-order chi connectivity index (χ0) is 13.7. The molecule has 0 saturated carbocycles. The maximum absolute atomic E-state index is 11.8. The first-order valence-electron chi connectivity index (χ1n) is 5.77. The van der Waals surface area contributed by atoms with Crippen molar-refractivity contribution in [2.24, 2.45) is 0 Å². The van der Waals surface area contributed by atoms with Gasteiger partial charge in [0.2, 0.25) is 0 Å². The molecule has 2 N–H and O–H groups in total. The Morgan fingerprint density at radius 3 is 2.53 bits per heavy atom. The number of quaternary nitrogens is 1. The average Bonchev–Trinajstić information content (AvgIpc) is 2.46. The molecule has 1 unspecified atom stereocenters. The molecule has 0 heterocycles. The van der Waals surface area contributed by atoms with Gasteiger partial charge in [-0.1, -0.05) is 48.5 Å². The van der Waals surface area contributed by atoms with Crippen molar-refractivity contribution in [3.63, 3.8) is 0 Å². The number of benzene rings is 2. The second-order valence-corrected chi connectivity index (χ2v) is 3.99. The highest BCUT2D eigenvalue weighted by Crippen LogP contribution is 2.09. The fourth-order valence-corrected chi connectivity index (χ4v) is 1.65. The van der Waals surface area contributed by atoms with Gasteiger partial charge in [0, 0.05) is 17.7 Å². The number of nitrogens with one attached hydrogen (secondary N) is 1. The number of rotatable bonds is 4. The standard InChI is InChI=1S/C15H13NO3/c17-15(13-6-2-1-3-7-13)10-9-12-5-4-8-14(11-12)16(18)19/h1-11,16,18H. The molecule has 0 aliphatic heterocycles. The topological polar surface area (TPSA) is 64.8 Å². The Hall–Kier alpha value is -2.27. The third-order valence-corrected chi connectivity index (χ3v) is 2.62. The number of allylic oxidation sites excluding steroid dienone is 1. The zero-order valence-electron chi connectivity index (χ0n) is 10.1. The summed E-state index contributed by atoms with van der Waals surface area (Å²) in [6.45, 7) is 0. The molecular formula is C15H13NO3. The highest BCUT2D eigenvalue weighted by molar-refractivity contribution is 6.06. The lowest BCUT2D eigenvalue weighted by Gasteiger charge is -2.11. The summed E-state index contributed by atoms with van der Waals surface area (Å²) in [4.78, 5) is 11.8. The predicted molar refractivity (Wildman–Crippen MR) is 72.0 cm³/mol. The van der Waals surface area contributed by atoms with E-state index >= 15 is 0 Å². The van der Waals surface area contributed by atoms with E-state index in [2.05, 4.69) is 0 Å². The van der Waals surface area contributed by atoms with Gasteiger partial charge in [0.1, 0.15) is 0 Å². The lowest BCUT2D eigenvalue weighted by atomic mass is 10.1. The van der Waals surface area contributed by atoms with E-state index in [0.717, 1.165) is 0 Å². The van der Waals surface area contributed by atoms with E-state index in [9.17, 15) is 10.0 Å². The summed E-state index contributed by atoms with van der Waals surface area (Å²) in [5.41, 5.74) is 1.49. The van der Waals surface area contributed by atoms with Gasteiger partial charge in [0.05, 0.1) is 0 Å². The molecule has 1 atom stereocenters. The number of ketones is 1. The smallest absolute Gasteiger partial charge is 0.185 e. The van der Waals surface area contributed by atoms with Crippen LogP contribution in [-0.4, -0.2) is 11.0 Å². The molecule has 2 aromatic carbocycles. The van der Waals surface area contributed by atoms with E-state index in [1.165, 1.54) is 18.2 Å². The lowest BCUT2D eigenvalue weighted by Crippen LogP contribution is -2.99. The Morgan fingerprint density at radius 1 is 1.11 bits per heavy atom. The molecule has 0 aromatic heterocycles. The summed E-state index contributed by atoms with van der Waals surface area (Å²) in [5, 5.41) is 18.7. The lowest BCUT2D eigenvalue weighted by molar-refractivity contribution is -0.991. The van der Waals surface area contributed by atoms with Crippen molar-refractivity contribution < 1.29 is 15.2 Å². The average molecular weight is 255 g/mol. The number of carbonyl (C=O) groups excluding carboxylic acids is 1. The van der Waals surface area contributed by atoms with Gasteiger partial charge in [-0.25, -0.2) is 5.21 Å². The van der Waals surface area contributed by atoms with Crippen LogP contribution in [0.5, 0.6) is 0 Å². The Balaban J connectivity index is 2.15. The van der Waals surface area contributed by atoms with Crippen LogP contribution in [0, 0.1) is 5.21 Å². The van der Waals surface area contributed by atoms with Crippen molar-refractivity contribution in [1.29, 1.82) is 0 Å². The summed E-state index contributed by atoms with van der Waals surface area (Å²) in [6.07, 6.45) is 3.05. The number of hydrogen-bond acceptors (Lipinski definition) is 3. The van der Waals surface area contributed by atoms with E-state index in [1.54, 1.807) is 42.5 Å². The van der Waals surface area contributed by atoms with Gasteiger partial charge in [-0.3, -0.25) is 4.79 Å². The molecule has 19 heavy (non-hydrogen) atoms. The molecule has 2 rings (SSSR count). The quantitative estimate of drug-likeness (QED) is 0.499. The maximum atomic E-state index is 11.8. The Bertz CT molecular complexity index is 591. The summed E-state index contributed by atoms with van der Waals surface area (Å²) in [5.74, 6) is -0.110. The number of hydrogen-bond donors (Lipinski definition) is 2. The summed E-state index contributed by atoms with van der Waals surface area (Å²) >= 11 is 0.